The van der Waals surface area contributed by atoms with Crippen LogP contribution >= 0.6 is 22.6 Å². The van der Waals surface area contributed by atoms with Crippen LogP contribution in [-0.4, -0.2) is 9.78 Å². The van der Waals surface area contributed by atoms with Gasteiger partial charge in [0, 0.05) is 12.2 Å². The minimum Gasteiger partial charge on any atom is -0.269 e. The summed E-state index contributed by atoms with van der Waals surface area (Å²) in [7, 11) is 0. The van der Waals surface area contributed by atoms with Crippen LogP contribution in [0.3, 0.4) is 0 Å². The number of nitrogens with zero attached hydrogens (tertiary/aromatic N) is 2. The molecular formula is C7H11IN2. The summed E-state index contributed by atoms with van der Waals surface area (Å²) in [5, 5.41) is 4.28. The van der Waals surface area contributed by atoms with Gasteiger partial charge in [-0.05, 0) is 42.0 Å². The average molecular weight is 250 g/mol. The third kappa shape index (κ3) is 1.71. The van der Waals surface area contributed by atoms with Gasteiger partial charge in [0.05, 0.1) is 0 Å². The first-order chi connectivity index (χ1) is 4.74. The number of aromatic nitrogens is 2. The lowest BCUT2D eigenvalue weighted by Crippen LogP contribution is -2.03. The van der Waals surface area contributed by atoms with Crippen LogP contribution < -0.4 is 0 Å². The molecular weight excluding hydrogens is 239 g/mol. The minimum atomic E-state index is 0.531. The fourth-order valence-electron chi connectivity index (χ4n) is 0.747. The maximum absolute atomic E-state index is 4.28. The van der Waals surface area contributed by atoms with E-state index < -0.39 is 0 Å². The van der Waals surface area contributed by atoms with Crippen LogP contribution in [0.5, 0.6) is 0 Å². The SMILES string of the molecule is CC[C@@H](C)n1ccc(I)n1. The second-order valence-electron chi connectivity index (χ2n) is 2.38. The van der Waals surface area contributed by atoms with Crippen molar-refractivity contribution >= 4 is 22.6 Å². The van der Waals surface area contributed by atoms with Crippen LogP contribution in [0.1, 0.15) is 26.3 Å². The molecule has 0 saturated heterocycles. The largest absolute Gasteiger partial charge is 0.269 e. The quantitative estimate of drug-likeness (QED) is 0.737. The fraction of sp³-hybridized carbons (Fsp3) is 0.571. The predicted molar refractivity (Wildman–Crippen MR) is 49.9 cm³/mol. The standard InChI is InChI=1S/C7H11IN2/c1-3-6(2)10-5-4-7(8)9-10/h4-6H,3H2,1-2H3/t6-/m1/s1. The van der Waals surface area contributed by atoms with Crippen LogP contribution in [0.15, 0.2) is 12.3 Å². The van der Waals surface area contributed by atoms with Gasteiger partial charge in [-0.1, -0.05) is 6.92 Å². The molecule has 0 fully saturated rings. The summed E-state index contributed by atoms with van der Waals surface area (Å²) in [5.41, 5.74) is 0. The highest BCUT2D eigenvalue weighted by molar-refractivity contribution is 14.1. The molecule has 1 aromatic rings. The van der Waals surface area contributed by atoms with Gasteiger partial charge in [-0.25, -0.2) is 0 Å². The van der Waals surface area contributed by atoms with Gasteiger partial charge < -0.3 is 0 Å². The Morgan fingerprint density at radius 1 is 1.80 bits per heavy atom. The third-order valence-electron chi connectivity index (χ3n) is 1.62. The molecule has 56 valence electrons. The van der Waals surface area contributed by atoms with Crippen molar-refractivity contribution in [2.45, 2.75) is 26.3 Å². The van der Waals surface area contributed by atoms with Crippen molar-refractivity contribution in [3.05, 3.63) is 16.0 Å². The normalized spacial score (nSPS) is 13.5. The van der Waals surface area contributed by atoms with Crippen molar-refractivity contribution < 1.29 is 0 Å². The van der Waals surface area contributed by atoms with Gasteiger partial charge in [-0.2, -0.15) is 5.10 Å². The van der Waals surface area contributed by atoms with Crippen LogP contribution in [-0.2, 0) is 0 Å². The molecule has 2 nitrogen and oxygen atoms in total. The van der Waals surface area contributed by atoms with E-state index >= 15 is 0 Å². The van der Waals surface area contributed by atoms with Crippen molar-refractivity contribution in [3.63, 3.8) is 0 Å². The first kappa shape index (κ1) is 8.04. The first-order valence-electron chi connectivity index (χ1n) is 3.44. The lowest BCUT2D eigenvalue weighted by atomic mass is 10.3. The summed E-state index contributed by atoms with van der Waals surface area (Å²) in [4.78, 5) is 0. The number of hydrogen-bond donors (Lipinski definition) is 0. The lowest BCUT2D eigenvalue weighted by molar-refractivity contribution is 0.476. The van der Waals surface area contributed by atoms with E-state index in [-0.39, 0.29) is 0 Å². The third-order valence-corrected chi connectivity index (χ3v) is 2.19. The summed E-state index contributed by atoms with van der Waals surface area (Å²) < 4.78 is 3.07. The summed E-state index contributed by atoms with van der Waals surface area (Å²) in [6, 6.07) is 2.55. The van der Waals surface area contributed by atoms with Crippen LogP contribution in [0.4, 0.5) is 0 Å². The molecule has 1 rings (SSSR count). The van der Waals surface area contributed by atoms with Crippen molar-refractivity contribution in [1.82, 2.24) is 9.78 Å². The molecule has 3 heteroatoms. The Balaban J connectivity index is 2.74. The highest BCUT2D eigenvalue weighted by Gasteiger charge is 2.01. The maximum Gasteiger partial charge on any atom is 0.123 e. The molecule has 0 aliphatic heterocycles. The Labute approximate surface area is 74.8 Å². The topological polar surface area (TPSA) is 17.8 Å². The highest BCUT2D eigenvalue weighted by Crippen LogP contribution is 2.09. The Bertz CT molecular complexity index is 207. The Morgan fingerprint density at radius 3 is 2.90 bits per heavy atom. The van der Waals surface area contributed by atoms with Crippen LogP contribution in [0.25, 0.3) is 0 Å². The zero-order chi connectivity index (χ0) is 7.56. The molecule has 10 heavy (non-hydrogen) atoms. The molecule has 1 atom stereocenters. The molecule has 0 aliphatic rings. The van der Waals surface area contributed by atoms with Gasteiger partial charge in [0.15, 0.2) is 0 Å². The van der Waals surface area contributed by atoms with Gasteiger partial charge in [0.25, 0.3) is 0 Å². The zero-order valence-corrected chi connectivity index (χ0v) is 8.37. The van der Waals surface area contributed by atoms with Gasteiger partial charge in [-0.3, -0.25) is 4.68 Å². The number of rotatable bonds is 2. The molecule has 0 amide bonds. The van der Waals surface area contributed by atoms with E-state index in [0.29, 0.717) is 6.04 Å². The van der Waals surface area contributed by atoms with Crippen molar-refractivity contribution in [2.75, 3.05) is 0 Å². The first-order valence-corrected chi connectivity index (χ1v) is 4.52. The van der Waals surface area contributed by atoms with Gasteiger partial charge in [0.1, 0.15) is 3.70 Å². The molecule has 0 radical (unpaired) electrons. The number of hydrogen-bond acceptors (Lipinski definition) is 1. The number of halogens is 1. The Kier molecular flexibility index (Phi) is 2.71. The van der Waals surface area contributed by atoms with Crippen molar-refractivity contribution in [1.29, 1.82) is 0 Å². The Morgan fingerprint density at radius 2 is 2.50 bits per heavy atom. The summed E-state index contributed by atoms with van der Waals surface area (Å²) in [5.74, 6) is 0. The molecule has 1 heterocycles. The summed E-state index contributed by atoms with van der Waals surface area (Å²) in [6.45, 7) is 4.34. The molecule has 1 aromatic heterocycles. The maximum atomic E-state index is 4.28. The second-order valence-corrected chi connectivity index (χ2v) is 3.48. The predicted octanol–water partition coefficient (Wildman–Crippen LogP) is 2.46. The summed E-state index contributed by atoms with van der Waals surface area (Å²) in [6.07, 6.45) is 3.16. The molecule has 0 aliphatic carbocycles. The Hall–Kier alpha value is -0.0600. The minimum absolute atomic E-state index is 0.531. The van der Waals surface area contributed by atoms with Gasteiger partial charge in [0.2, 0.25) is 0 Å². The molecule has 0 N–H and O–H groups in total. The average Bonchev–Trinajstić information content (AvgIpc) is 2.34. The van der Waals surface area contributed by atoms with E-state index in [0.717, 1.165) is 10.1 Å². The van der Waals surface area contributed by atoms with E-state index in [1.165, 1.54) is 0 Å². The zero-order valence-electron chi connectivity index (χ0n) is 6.21. The van der Waals surface area contributed by atoms with Gasteiger partial charge >= 0.3 is 0 Å². The van der Waals surface area contributed by atoms with E-state index in [4.69, 9.17) is 0 Å². The van der Waals surface area contributed by atoms with E-state index in [9.17, 15) is 0 Å². The molecule has 0 saturated carbocycles. The fourth-order valence-corrected chi connectivity index (χ4v) is 1.16. The van der Waals surface area contributed by atoms with Crippen molar-refractivity contribution in [2.24, 2.45) is 0 Å². The smallest absolute Gasteiger partial charge is 0.123 e. The molecule has 0 aromatic carbocycles. The molecule has 0 unspecified atom stereocenters. The second kappa shape index (κ2) is 3.37. The van der Waals surface area contributed by atoms with E-state index in [1.54, 1.807) is 0 Å². The van der Waals surface area contributed by atoms with Crippen LogP contribution in [0, 0.1) is 3.70 Å². The molecule has 0 bridgehead atoms. The lowest BCUT2D eigenvalue weighted by Gasteiger charge is -2.07. The highest BCUT2D eigenvalue weighted by atomic mass is 127. The van der Waals surface area contributed by atoms with Crippen molar-refractivity contribution in [3.8, 4) is 0 Å². The monoisotopic (exact) mass is 250 g/mol. The van der Waals surface area contributed by atoms with E-state index in [1.807, 2.05) is 16.9 Å². The van der Waals surface area contributed by atoms with E-state index in [2.05, 4.69) is 41.5 Å². The van der Waals surface area contributed by atoms with Crippen LogP contribution in [0.2, 0.25) is 0 Å². The molecule has 0 spiro atoms. The summed E-state index contributed by atoms with van der Waals surface area (Å²) >= 11 is 2.22. The van der Waals surface area contributed by atoms with Gasteiger partial charge in [-0.15, -0.1) is 0 Å².